The second kappa shape index (κ2) is 6.22. The van der Waals surface area contributed by atoms with Crippen molar-refractivity contribution in [3.63, 3.8) is 0 Å². The third kappa shape index (κ3) is 2.47. The van der Waals surface area contributed by atoms with Crippen molar-refractivity contribution in [1.82, 2.24) is 14.5 Å². The number of fused-ring (bicyclic) bond motifs is 3. The fourth-order valence-corrected chi connectivity index (χ4v) is 4.00. The van der Waals surface area contributed by atoms with Gasteiger partial charge in [0.2, 0.25) is 0 Å². The SMILES string of the molecule is N#Cc1c(-c2cccc(-n3ccnc3)c2)c2c([nH]c1=O)-c1cc(Cl)ccc1C2. The largest absolute Gasteiger partial charge is 0.320 e. The minimum absolute atomic E-state index is 0.125. The monoisotopic (exact) mass is 384 g/mol. The van der Waals surface area contributed by atoms with Crippen LogP contribution in [0.2, 0.25) is 5.02 Å². The number of aromatic nitrogens is 3. The molecule has 1 aliphatic carbocycles. The van der Waals surface area contributed by atoms with Crippen molar-refractivity contribution in [1.29, 1.82) is 5.26 Å². The van der Waals surface area contributed by atoms with Crippen LogP contribution in [0, 0.1) is 11.3 Å². The average molecular weight is 385 g/mol. The van der Waals surface area contributed by atoms with Crippen LogP contribution in [0.5, 0.6) is 0 Å². The van der Waals surface area contributed by atoms with Crippen LogP contribution in [0.25, 0.3) is 28.1 Å². The van der Waals surface area contributed by atoms with Crippen LogP contribution in [-0.4, -0.2) is 14.5 Å². The standard InChI is InChI=1S/C22H13ClN4O/c23-15-5-4-13-9-18-20(19(11-24)22(28)26-21(18)17(13)10-15)14-2-1-3-16(8-14)27-7-6-25-12-27/h1-8,10,12H,9H2,(H,26,28). The van der Waals surface area contributed by atoms with Gasteiger partial charge in [0.15, 0.2) is 0 Å². The Morgan fingerprint density at radius 3 is 2.89 bits per heavy atom. The summed E-state index contributed by atoms with van der Waals surface area (Å²) in [5.74, 6) is 0. The average Bonchev–Trinajstić information content (AvgIpc) is 3.35. The van der Waals surface area contributed by atoms with E-state index in [9.17, 15) is 10.1 Å². The highest BCUT2D eigenvalue weighted by molar-refractivity contribution is 6.31. The molecule has 2 aromatic carbocycles. The molecule has 134 valence electrons. The second-order valence-corrected chi connectivity index (χ2v) is 7.10. The van der Waals surface area contributed by atoms with Gasteiger partial charge in [-0.3, -0.25) is 4.79 Å². The summed E-state index contributed by atoms with van der Waals surface area (Å²) in [6.45, 7) is 0. The first-order valence-electron chi connectivity index (χ1n) is 8.72. The smallest absolute Gasteiger partial charge is 0.266 e. The third-order valence-corrected chi connectivity index (χ3v) is 5.31. The number of nitrogens with zero attached hydrogens (tertiary/aromatic N) is 3. The van der Waals surface area contributed by atoms with Gasteiger partial charge in [0.05, 0.1) is 12.0 Å². The fraction of sp³-hybridized carbons (Fsp3) is 0.0455. The molecule has 0 bridgehead atoms. The highest BCUT2D eigenvalue weighted by atomic mass is 35.5. The number of nitriles is 1. The molecule has 5 rings (SSSR count). The van der Waals surface area contributed by atoms with Crippen molar-refractivity contribution in [2.75, 3.05) is 0 Å². The molecule has 5 nitrogen and oxygen atoms in total. The van der Waals surface area contributed by atoms with E-state index in [1.54, 1.807) is 12.5 Å². The number of imidazole rings is 1. The van der Waals surface area contributed by atoms with Gasteiger partial charge in [0.1, 0.15) is 11.6 Å². The molecule has 0 amide bonds. The predicted molar refractivity (Wildman–Crippen MR) is 108 cm³/mol. The Morgan fingerprint density at radius 1 is 1.21 bits per heavy atom. The van der Waals surface area contributed by atoms with Gasteiger partial charge >= 0.3 is 0 Å². The van der Waals surface area contributed by atoms with Crippen molar-refractivity contribution in [2.45, 2.75) is 6.42 Å². The molecule has 1 aliphatic rings. The number of rotatable bonds is 2. The first-order valence-corrected chi connectivity index (χ1v) is 9.10. The van der Waals surface area contributed by atoms with Gasteiger partial charge in [-0.15, -0.1) is 0 Å². The molecule has 0 saturated carbocycles. The molecule has 1 N–H and O–H groups in total. The minimum Gasteiger partial charge on any atom is -0.320 e. The van der Waals surface area contributed by atoms with E-state index in [2.05, 4.69) is 16.0 Å². The third-order valence-electron chi connectivity index (χ3n) is 5.08. The van der Waals surface area contributed by atoms with E-state index in [0.717, 1.165) is 33.6 Å². The molecule has 0 radical (unpaired) electrons. The van der Waals surface area contributed by atoms with Gasteiger partial charge < -0.3 is 9.55 Å². The Labute approximate surface area is 165 Å². The summed E-state index contributed by atoms with van der Waals surface area (Å²) < 4.78 is 1.89. The van der Waals surface area contributed by atoms with Gasteiger partial charge in [0, 0.05) is 40.7 Å². The summed E-state index contributed by atoms with van der Waals surface area (Å²) in [5.41, 5.74) is 5.82. The fourth-order valence-electron chi connectivity index (χ4n) is 3.83. The summed E-state index contributed by atoms with van der Waals surface area (Å²) in [6.07, 6.45) is 5.91. The molecule has 0 spiro atoms. The Balaban J connectivity index is 1.79. The van der Waals surface area contributed by atoms with E-state index in [4.69, 9.17) is 11.6 Å². The normalized spacial score (nSPS) is 11.7. The number of halogens is 1. The van der Waals surface area contributed by atoms with E-state index >= 15 is 0 Å². The lowest BCUT2D eigenvalue weighted by atomic mass is 9.94. The van der Waals surface area contributed by atoms with Crippen LogP contribution in [0.1, 0.15) is 16.7 Å². The number of pyridine rings is 1. The van der Waals surface area contributed by atoms with Crippen LogP contribution in [-0.2, 0) is 6.42 Å². The van der Waals surface area contributed by atoms with Gasteiger partial charge in [-0.1, -0.05) is 29.8 Å². The number of hydrogen-bond acceptors (Lipinski definition) is 3. The molecular formula is C22H13ClN4O. The van der Waals surface area contributed by atoms with Gasteiger partial charge in [0.25, 0.3) is 5.56 Å². The Kier molecular flexibility index (Phi) is 3.68. The number of aromatic amines is 1. The Hall–Kier alpha value is -3.62. The zero-order valence-corrected chi connectivity index (χ0v) is 15.4. The first kappa shape index (κ1) is 16.5. The highest BCUT2D eigenvalue weighted by Gasteiger charge is 2.27. The highest BCUT2D eigenvalue weighted by Crippen LogP contribution is 2.41. The maximum absolute atomic E-state index is 12.7. The van der Waals surface area contributed by atoms with Crippen LogP contribution in [0.15, 0.2) is 66.0 Å². The lowest BCUT2D eigenvalue weighted by Crippen LogP contribution is -2.14. The molecular weight excluding hydrogens is 372 g/mol. The van der Waals surface area contributed by atoms with Crippen LogP contribution in [0.4, 0.5) is 0 Å². The molecule has 0 saturated heterocycles. The summed E-state index contributed by atoms with van der Waals surface area (Å²) in [6, 6.07) is 15.5. The maximum atomic E-state index is 12.7. The molecule has 0 fully saturated rings. The summed E-state index contributed by atoms with van der Waals surface area (Å²) in [4.78, 5) is 19.7. The van der Waals surface area contributed by atoms with Crippen molar-refractivity contribution < 1.29 is 0 Å². The van der Waals surface area contributed by atoms with E-state index in [1.807, 2.05) is 53.2 Å². The second-order valence-electron chi connectivity index (χ2n) is 6.67. The van der Waals surface area contributed by atoms with Crippen LogP contribution >= 0.6 is 11.6 Å². The molecule has 4 aromatic rings. The number of benzene rings is 2. The zero-order chi connectivity index (χ0) is 19.3. The number of H-pyrrole nitrogens is 1. The predicted octanol–water partition coefficient (Wildman–Crippen LogP) is 4.32. The lowest BCUT2D eigenvalue weighted by molar-refractivity contribution is 1.06. The molecule has 28 heavy (non-hydrogen) atoms. The van der Waals surface area contributed by atoms with E-state index in [0.29, 0.717) is 17.0 Å². The molecule has 0 aliphatic heterocycles. The van der Waals surface area contributed by atoms with Crippen LogP contribution in [0.3, 0.4) is 0 Å². The summed E-state index contributed by atoms with van der Waals surface area (Å²) in [5, 5.41) is 10.3. The molecule has 2 aromatic heterocycles. The van der Waals surface area contributed by atoms with Crippen molar-refractivity contribution >= 4 is 11.6 Å². The summed E-state index contributed by atoms with van der Waals surface area (Å²) >= 11 is 6.17. The quantitative estimate of drug-likeness (QED) is 0.492. The Bertz CT molecular complexity index is 1330. The molecule has 0 atom stereocenters. The first-order chi connectivity index (χ1) is 13.7. The van der Waals surface area contributed by atoms with Crippen molar-refractivity contribution in [3.8, 4) is 34.1 Å². The van der Waals surface area contributed by atoms with E-state index in [1.165, 1.54) is 0 Å². The molecule has 2 heterocycles. The summed E-state index contributed by atoms with van der Waals surface area (Å²) in [7, 11) is 0. The zero-order valence-electron chi connectivity index (χ0n) is 14.6. The lowest BCUT2D eigenvalue weighted by Gasteiger charge is -2.12. The van der Waals surface area contributed by atoms with Crippen LogP contribution < -0.4 is 5.56 Å². The van der Waals surface area contributed by atoms with Crippen molar-refractivity contribution in [2.24, 2.45) is 0 Å². The van der Waals surface area contributed by atoms with Gasteiger partial charge in [-0.05, 0) is 41.0 Å². The minimum atomic E-state index is -0.392. The topological polar surface area (TPSA) is 74.5 Å². The van der Waals surface area contributed by atoms with E-state index < -0.39 is 5.56 Å². The maximum Gasteiger partial charge on any atom is 0.266 e. The number of nitrogens with one attached hydrogen (secondary N) is 1. The van der Waals surface area contributed by atoms with Crippen molar-refractivity contribution in [3.05, 3.63) is 93.3 Å². The Morgan fingerprint density at radius 2 is 2.11 bits per heavy atom. The van der Waals surface area contributed by atoms with Gasteiger partial charge in [-0.25, -0.2) is 4.98 Å². The molecule has 6 heteroatoms. The number of hydrogen-bond donors (Lipinski definition) is 1. The van der Waals surface area contributed by atoms with E-state index in [-0.39, 0.29) is 5.56 Å². The van der Waals surface area contributed by atoms with Gasteiger partial charge in [-0.2, -0.15) is 5.26 Å². The molecule has 0 unspecified atom stereocenters.